The Hall–Kier alpha value is -1.10. The molecule has 1 atom stereocenters. The predicted molar refractivity (Wildman–Crippen MR) is 73.0 cm³/mol. The fraction of sp³-hybridized carbons (Fsp3) is 0.333. The van der Waals surface area contributed by atoms with E-state index in [-0.39, 0.29) is 6.04 Å². The van der Waals surface area contributed by atoms with Crippen LogP contribution in [0, 0.1) is 0 Å². The van der Waals surface area contributed by atoms with E-state index in [1.54, 1.807) is 16.9 Å². The van der Waals surface area contributed by atoms with Crippen molar-refractivity contribution in [2.75, 3.05) is 7.05 Å². The van der Waals surface area contributed by atoms with Gasteiger partial charge in [0.15, 0.2) is 0 Å². The fourth-order valence-electron chi connectivity index (χ4n) is 1.83. The van der Waals surface area contributed by atoms with Gasteiger partial charge in [0.05, 0.1) is 28.0 Å². The van der Waals surface area contributed by atoms with Gasteiger partial charge in [-0.2, -0.15) is 5.10 Å². The Kier molecular flexibility index (Phi) is 4.22. The van der Waals surface area contributed by atoms with E-state index < -0.39 is 0 Å². The zero-order valence-corrected chi connectivity index (χ0v) is 11.7. The second-order valence-corrected chi connectivity index (χ2v) is 4.93. The number of nitrogens with zero attached hydrogens (tertiary/aromatic N) is 3. The average Bonchev–Trinajstić information content (AvgIpc) is 2.72. The van der Waals surface area contributed by atoms with Crippen LogP contribution in [0.5, 0.6) is 0 Å². The molecule has 2 aromatic heterocycles. The molecule has 0 aliphatic rings. The first-order valence-corrected chi connectivity index (χ1v) is 6.31. The van der Waals surface area contributed by atoms with E-state index in [9.17, 15) is 0 Å². The molecule has 0 fully saturated rings. The van der Waals surface area contributed by atoms with E-state index >= 15 is 0 Å². The van der Waals surface area contributed by atoms with Crippen molar-refractivity contribution < 1.29 is 0 Å². The number of likely N-dealkylation sites (N-methyl/N-ethyl adjacent to an activating group) is 1. The van der Waals surface area contributed by atoms with Crippen LogP contribution in [0.25, 0.3) is 0 Å². The predicted octanol–water partition coefficient (Wildman–Crippen LogP) is 2.63. The lowest BCUT2D eigenvalue weighted by atomic mass is 10.1. The molecule has 0 aromatic carbocycles. The van der Waals surface area contributed by atoms with Crippen LogP contribution in [0.1, 0.15) is 17.3 Å². The van der Waals surface area contributed by atoms with Crippen molar-refractivity contribution >= 4 is 23.2 Å². The minimum Gasteiger partial charge on any atom is -0.311 e. The normalized spacial score (nSPS) is 12.7. The first-order valence-electron chi connectivity index (χ1n) is 5.56. The van der Waals surface area contributed by atoms with Crippen molar-refractivity contribution in [2.24, 2.45) is 7.05 Å². The molecule has 1 N–H and O–H groups in total. The van der Waals surface area contributed by atoms with Gasteiger partial charge in [0, 0.05) is 19.4 Å². The number of hydrogen-bond acceptors (Lipinski definition) is 3. The molecule has 0 aliphatic carbocycles. The summed E-state index contributed by atoms with van der Waals surface area (Å²) in [5, 5.41) is 8.47. The zero-order valence-electron chi connectivity index (χ0n) is 10.2. The molecule has 2 heterocycles. The summed E-state index contributed by atoms with van der Waals surface area (Å²) in [7, 11) is 3.78. The summed E-state index contributed by atoms with van der Waals surface area (Å²) < 4.78 is 1.78. The highest BCUT2D eigenvalue weighted by atomic mass is 35.5. The molecular formula is C12H14Cl2N4. The van der Waals surface area contributed by atoms with Gasteiger partial charge in [-0.25, -0.2) is 0 Å². The first kappa shape index (κ1) is 13.3. The summed E-state index contributed by atoms with van der Waals surface area (Å²) in [5.74, 6) is 0. The summed E-state index contributed by atoms with van der Waals surface area (Å²) in [5.41, 5.74) is 1.93. The second-order valence-electron chi connectivity index (χ2n) is 4.09. The van der Waals surface area contributed by atoms with E-state index in [0.29, 0.717) is 10.0 Å². The van der Waals surface area contributed by atoms with Gasteiger partial charge < -0.3 is 5.32 Å². The van der Waals surface area contributed by atoms with Crippen LogP contribution in [0.3, 0.4) is 0 Å². The lowest BCUT2D eigenvalue weighted by molar-refractivity contribution is 0.576. The standard InChI is InChI=1S/C12H14Cl2N4/c1-15-11(3-8-5-17-18(2)7-8)12-10(14)4-9(13)6-16-12/h4-7,11,15H,3H2,1-2H3. The van der Waals surface area contributed by atoms with E-state index in [4.69, 9.17) is 23.2 Å². The fourth-order valence-corrected chi connectivity index (χ4v) is 2.34. The van der Waals surface area contributed by atoms with Gasteiger partial charge in [-0.15, -0.1) is 0 Å². The van der Waals surface area contributed by atoms with E-state index in [1.807, 2.05) is 26.5 Å². The van der Waals surface area contributed by atoms with Crippen molar-refractivity contribution in [2.45, 2.75) is 12.5 Å². The van der Waals surface area contributed by atoms with Crippen LogP contribution in [0.2, 0.25) is 10.0 Å². The third-order valence-electron chi connectivity index (χ3n) is 2.71. The maximum Gasteiger partial charge on any atom is 0.0763 e. The molecule has 1 unspecified atom stereocenters. The Morgan fingerprint density at radius 2 is 2.17 bits per heavy atom. The monoisotopic (exact) mass is 284 g/mol. The molecule has 18 heavy (non-hydrogen) atoms. The largest absolute Gasteiger partial charge is 0.311 e. The topological polar surface area (TPSA) is 42.7 Å². The van der Waals surface area contributed by atoms with Crippen LogP contribution < -0.4 is 5.32 Å². The molecule has 0 saturated heterocycles. The number of nitrogens with one attached hydrogen (secondary N) is 1. The summed E-state index contributed by atoms with van der Waals surface area (Å²) in [4.78, 5) is 4.30. The number of aryl methyl sites for hydroxylation is 1. The highest BCUT2D eigenvalue weighted by Crippen LogP contribution is 2.25. The Bertz CT molecular complexity index is 539. The third kappa shape index (κ3) is 3.02. The number of pyridine rings is 1. The highest BCUT2D eigenvalue weighted by molar-refractivity contribution is 6.34. The number of rotatable bonds is 4. The van der Waals surface area contributed by atoms with Crippen molar-refractivity contribution in [3.05, 3.63) is 46.0 Å². The lowest BCUT2D eigenvalue weighted by Gasteiger charge is -2.16. The van der Waals surface area contributed by atoms with Gasteiger partial charge in [-0.1, -0.05) is 23.2 Å². The molecule has 96 valence electrons. The molecule has 0 aliphatic heterocycles. The zero-order chi connectivity index (χ0) is 13.1. The third-order valence-corrected chi connectivity index (χ3v) is 3.22. The molecule has 0 amide bonds. The van der Waals surface area contributed by atoms with Crippen LogP contribution >= 0.6 is 23.2 Å². The molecule has 0 spiro atoms. The number of halogens is 2. The lowest BCUT2D eigenvalue weighted by Crippen LogP contribution is -2.20. The molecule has 4 nitrogen and oxygen atoms in total. The summed E-state index contributed by atoms with van der Waals surface area (Å²) in [6, 6.07) is 1.75. The van der Waals surface area contributed by atoms with Crippen molar-refractivity contribution in [1.82, 2.24) is 20.1 Å². The van der Waals surface area contributed by atoms with Crippen LogP contribution in [-0.2, 0) is 13.5 Å². The smallest absolute Gasteiger partial charge is 0.0763 e. The quantitative estimate of drug-likeness (QED) is 0.939. The highest BCUT2D eigenvalue weighted by Gasteiger charge is 2.16. The molecular weight excluding hydrogens is 271 g/mol. The van der Waals surface area contributed by atoms with Gasteiger partial charge in [-0.3, -0.25) is 9.67 Å². The van der Waals surface area contributed by atoms with Crippen molar-refractivity contribution in [3.8, 4) is 0 Å². The second kappa shape index (κ2) is 5.69. The molecule has 2 rings (SSSR count). The van der Waals surface area contributed by atoms with Crippen molar-refractivity contribution in [3.63, 3.8) is 0 Å². The Labute approximate surface area is 116 Å². The molecule has 0 saturated carbocycles. The van der Waals surface area contributed by atoms with Crippen molar-refractivity contribution in [1.29, 1.82) is 0 Å². The maximum absolute atomic E-state index is 6.17. The van der Waals surface area contributed by atoms with Gasteiger partial charge in [0.1, 0.15) is 0 Å². The summed E-state index contributed by atoms with van der Waals surface area (Å²) in [6.07, 6.45) is 6.21. The van der Waals surface area contributed by atoms with Crippen LogP contribution in [0.15, 0.2) is 24.7 Å². The Balaban J connectivity index is 2.22. The summed E-state index contributed by atoms with van der Waals surface area (Å²) in [6.45, 7) is 0. The Morgan fingerprint density at radius 1 is 1.39 bits per heavy atom. The minimum absolute atomic E-state index is 0.0407. The van der Waals surface area contributed by atoms with Gasteiger partial charge in [-0.05, 0) is 25.1 Å². The molecule has 6 heteroatoms. The van der Waals surface area contributed by atoms with E-state index in [2.05, 4.69) is 15.4 Å². The SMILES string of the molecule is CNC(Cc1cnn(C)c1)c1ncc(Cl)cc1Cl. The van der Waals surface area contributed by atoms with Gasteiger partial charge in [0.2, 0.25) is 0 Å². The van der Waals surface area contributed by atoms with E-state index in [1.165, 1.54) is 0 Å². The maximum atomic E-state index is 6.17. The minimum atomic E-state index is 0.0407. The molecule has 0 radical (unpaired) electrons. The first-order chi connectivity index (χ1) is 8.60. The number of hydrogen-bond donors (Lipinski definition) is 1. The molecule has 0 bridgehead atoms. The van der Waals surface area contributed by atoms with Gasteiger partial charge in [0.25, 0.3) is 0 Å². The van der Waals surface area contributed by atoms with Crippen LogP contribution in [0.4, 0.5) is 0 Å². The van der Waals surface area contributed by atoms with Gasteiger partial charge >= 0.3 is 0 Å². The average molecular weight is 285 g/mol. The number of aromatic nitrogens is 3. The van der Waals surface area contributed by atoms with E-state index in [0.717, 1.165) is 17.7 Å². The summed E-state index contributed by atoms with van der Waals surface area (Å²) >= 11 is 12.0. The van der Waals surface area contributed by atoms with Crippen LogP contribution in [-0.4, -0.2) is 21.8 Å². The Morgan fingerprint density at radius 3 is 2.72 bits per heavy atom. The molecule has 2 aromatic rings.